The molecule has 194 valence electrons. The van der Waals surface area contributed by atoms with Crippen LogP contribution in [0.1, 0.15) is 23.6 Å². The number of nitrogens with zero attached hydrogens (tertiary/aromatic N) is 2. The Hall–Kier alpha value is -3.65. The van der Waals surface area contributed by atoms with Gasteiger partial charge < -0.3 is 24.6 Å². The summed E-state index contributed by atoms with van der Waals surface area (Å²) in [6, 6.07) is 18.3. The van der Waals surface area contributed by atoms with E-state index in [0.717, 1.165) is 22.4 Å². The molecule has 4 rings (SSSR count). The van der Waals surface area contributed by atoms with Gasteiger partial charge in [-0.3, -0.25) is 4.79 Å². The molecule has 0 spiro atoms. The number of piperazine rings is 1. The fourth-order valence-electron chi connectivity index (χ4n) is 4.27. The quantitative estimate of drug-likeness (QED) is 0.403. The third-order valence-corrected chi connectivity index (χ3v) is 6.77. The van der Waals surface area contributed by atoms with Crippen LogP contribution in [0.25, 0.3) is 0 Å². The topological polar surface area (TPSA) is 54.0 Å². The fourth-order valence-corrected chi connectivity index (χ4v) is 4.58. The second-order valence-corrected chi connectivity index (χ2v) is 9.37. The molecule has 6 nitrogen and oxygen atoms in total. The van der Waals surface area contributed by atoms with E-state index in [2.05, 4.69) is 10.2 Å². The second kappa shape index (κ2) is 12.1. The van der Waals surface area contributed by atoms with Crippen LogP contribution in [0.4, 0.5) is 15.8 Å². The molecule has 1 amide bonds. The molecule has 1 saturated heterocycles. The molecule has 1 aliphatic heterocycles. The van der Waals surface area contributed by atoms with E-state index < -0.39 is 0 Å². The summed E-state index contributed by atoms with van der Waals surface area (Å²) >= 11 is 5.78. The molecule has 0 aliphatic carbocycles. The van der Waals surface area contributed by atoms with Crippen molar-refractivity contribution in [3.63, 3.8) is 0 Å². The maximum absolute atomic E-state index is 14.2. The standard InChI is InChI=1S/C29H32FN3O3S/c1-4-35-27-18-22(29(37)33-15-13-32(14-16-33)25-8-6-5-7-23(25)30)11-12-26(27)36-19-28(34)31-24-17-20(2)9-10-21(24)3/h5-12,17-18H,4,13-16,19H2,1-3H3,(H,31,34). The van der Waals surface area contributed by atoms with Crippen molar-refractivity contribution in [2.45, 2.75) is 20.8 Å². The summed E-state index contributed by atoms with van der Waals surface area (Å²) in [5, 5.41) is 2.90. The number of anilines is 2. The average molecular weight is 522 g/mol. The van der Waals surface area contributed by atoms with Crippen molar-refractivity contribution in [1.82, 2.24) is 4.90 Å². The van der Waals surface area contributed by atoms with E-state index in [4.69, 9.17) is 21.7 Å². The van der Waals surface area contributed by atoms with Gasteiger partial charge in [-0.25, -0.2) is 4.39 Å². The van der Waals surface area contributed by atoms with Crippen LogP contribution in [0.15, 0.2) is 60.7 Å². The lowest BCUT2D eigenvalue weighted by Gasteiger charge is -2.37. The van der Waals surface area contributed by atoms with E-state index in [9.17, 15) is 9.18 Å². The summed E-state index contributed by atoms with van der Waals surface area (Å²) in [5.41, 5.74) is 4.29. The highest BCUT2D eigenvalue weighted by atomic mass is 32.1. The van der Waals surface area contributed by atoms with Crippen LogP contribution in [0, 0.1) is 19.7 Å². The molecule has 1 heterocycles. The van der Waals surface area contributed by atoms with Crippen molar-refractivity contribution in [3.05, 3.63) is 83.2 Å². The van der Waals surface area contributed by atoms with Crippen molar-refractivity contribution in [2.75, 3.05) is 49.6 Å². The molecule has 3 aromatic rings. The highest BCUT2D eigenvalue weighted by molar-refractivity contribution is 7.80. The third kappa shape index (κ3) is 6.57. The molecule has 1 N–H and O–H groups in total. The van der Waals surface area contributed by atoms with E-state index in [1.165, 1.54) is 6.07 Å². The van der Waals surface area contributed by atoms with Crippen LogP contribution in [0.3, 0.4) is 0 Å². The minimum atomic E-state index is -0.247. The van der Waals surface area contributed by atoms with Gasteiger partial charge in [-0.05, 0) is 68.3 Å². The number of rotatable bonds is 8. The number of benzene rings is 3. The van der Waals surface area contributed by atoms with Crippen LogP contribution in [-0.2, 0) is 4.79 Å². The highest BCUT2D eigenvalue weighted by Gasteiger charge is 2.22. The van der Waals surface area contributed by atoms with Crippen LogP contribution in [0.2, 0.25) is 0 Å². The molecule has 0 radical (unpaired) electrons. The minimum absolute atomic E-state index is 0.144. The maximum atomic E-state index is 14.2. The SMILES string of the molecule is CCOc1cc(C(=S)N2CCN(c3ccccc3F)CC2)ccc1OCC(=O)Nc1cc(C)ccc1C. The van der Waals surface area contributed by atoms with Gasteiger partial charge in [0.15, 0.2) is 18.1 Å². The number of hydrogen-bond acceptors (Lipinski definition) is 5. The van der Waals surface area contributed by atoms with Crippen LogP contribution in [-0.4, -0.2) is 55.2 Å². The first kappa shape index (κ1) is 26.4. The number of nitrogens with one attached hydrogen (secondary N) is 1. The lowest BCUT2D eigenvalue weighted by Crippen LogP contribution is -2.48. The number of amides is 1. The van der Waals surface area contributed by atoms with E-state index >= 15 is 0 Å². The van der Waals surface area contributed by atoms with Gasteiger partial charge in [0, 0.05) is 37.4 Å². The van der Waals surface area contributed by atoms with Crippen molar-refractivity contribution >= 4 is 34.5 Å². The first-order chi connectivity index (χ1) is 17.9. The fraction of sp³-hybridized carbons (Fsp3) is 0.310. The van der Waals surface area contributed by atoms with Crippen molar-refractivity contribution < 1.29 is 18.7 Å². The molecule has 0 unspecified atom stereocenters. The first-order valence-electron chi connectivity index (χ1n) is 12.4. The van der Waals surface area contributed by atoms with Gasteiger partial charge in [0.25, 0.3) is 5.91 Å². The molecular formula is C29H32FN3O3S. The zero-order chi connectivity index (χ0) is 26.4. The number of hydrogen-bond donors (Lipinski definition) is 1. The number of para-hydroxylation sites is 1. The van der Waals surface area contributed by atoms with E-state index in [0.29, 0.717) is 55.0 Å². The summed E-state index contributed by atoms with van der Waals surface area (Å²) in [4.78, 5) is 17.4. The van der Waals surface area contributed by atoms with E-state index in [1.807, 2.05) is 62.1 Å². The number of halogens is 1. The Morgan fingerprint density at radius 3 is 2.46 bits per heavy atom. The smallest absolute Gasteiger partial charge is 0.262 e. The summed E-state index contributed by atoms with van der Waals surface area (Å²) in [7, 11) is 0. The van der Waals surface area contributed by atoms with Crippen LogP contribution in [0.5, 0.6) is 11.5 Å². The second-order valence-electron chi connectivity index (χ2n) is 8.98. The molecule has 1 fully saturated rings. The Bertz CT molecular complexity index is 1280. The van der Waals surface area contributed by atoms with E-state index in [-0.39, 0.29) is 18.3 Å². The van der Waals surface area contributed by atoms with Gasteiger partial charge in [0.2, 0.25) is 0 Å². The lowest BCUT2D eigenvalue weighted by atomic mass is 10.1. The summed E-state index contributed by atoms with van der Waals surface area (Å²) < 4.78 is 25.8. The molecule has 37 heavy (non-hydrogen) atoms. The lowest BCUT2D eigenvalue weighted by molar-refractivity contribution is -0.118. The van der Waals surface area contributed by atoms with Crippen LogP contribution >= 0.6 is 12.2 Å². The van der Waals surface area contributed by atoms with E-state index in [1.54, 1.807) is 18.2 Å². The molecule has 0 saturated carbocycles. The van der Waals surface area contributed by atoms with Crippen molar-refractivity contribution in [1.29, 1.82) is 0 Å². The number of aryl methyl sites for hydroxylation is 2. The van der Waals surface area contributed by atoms with Crippen molar-refractivity contribution in [3.8, 4) is 11.5 Å². The summed E-state index contributed by atoms with van der Waals surface area (Å²) in [6.45, 7) is 8.86. The Labute approximate surface area is 223 Å². The Balaban J connectivity index is 1.38. The van der Waals surface area contributed by atoms with Gasteiger partial charge in [0.1, 0.15) is 10.8 Å². The maximum Gasteiger partial charge on any atom is 0.262 e. The normalized spacial score (nSPS) is 13.3. The molecule has 0 aromatic heterocycles. The Kier molecular flexibility index (Phi) is 8.61. The molecule has 0 bridgehead atoms. The van der Waals surface area contributed by atoms with Crippen molar-refractivity contribution in [2.24, 2.45) is 0 Å². The zero-order valence-corrected chi connectivity index (χ0v) is 22.2. The third-order valence-electron chi connectivity index (χ3n) is 6.28. The molecule has 0 atom stereocenters. The first-order valence-corrected chi connectivity index (χ1v) is 12.8. The molecule has 1 aliphatic rings. The predicted molar refractivity (Wildman–Crippen MR) is 150 cm³/mol. The van der Waals surface area contributed by atoms with Gasteiger partial charge in [0.05, 0.1) is 12.3 Å². The monoisotopic (exact) mass is 521 g/mol. The number of thiocarbonyl (C=S) groups is 1. The largest absolute Gasteiger partial charge is 0.490 e. The molecule has 3 aromatic carbocycles. The molecule has 8 heteroatoms. The average Bonchev–Trinajstić information content (AvgIpc) is 2.90. The summed E-state index contributed by atoms with van der Waals surface area (Å²) in [5.74, 6) is 0.558. The predicted octanol–water partition coefficient (Wildman–Crippen LogP) is 5.36. The Morgan fingerprint density at radius 2 is 1.73 bits per heavy atom. The zero-order valence-electron chi connectivity index (χ0n) is 21.4. The molecular weight excluding hydrogens is 489 g/mol. The highest BCUT2D eigenvalue weighted by Crippen LogP contribution is 2.30. The minimum Gasteiger partial charge on any atom is -0.490 e. The van der Waals surface area contributed by atoms with Gasteiger partial charge in [-0.2, -0.15) is 0 Å². The number of carbonyl (C=O) groups is 1. The Morgan fingerprint density at radius 1 is 0.973 bits per heavy atom. The number of ether oxygens (including phenoxy) is 2. The van der Waals surface area contributed by atoms with Gasteiger partial charge >= 0.3 is 0 Å². The van der Waals surface area contributed by atoms with Crippen LogP contribution < -0.4 is 19.7 Å². The summed E-state index contributed by atoms with van der Waals surface area (Å²) in [6.07, 6.45) is 0. The number of carbonyl (C=O) groups excluding carboxylic acids is 1. The van der Waals surface area contributed by atoms with Gasteiger partial charge in [-0.1, -0.05) is 36.5 Å². The van der Waals surface area contributed by atoms with Gasteiger partial charge in [-0.15, -0.1) is 0 Å².